The molecule has 0 atom stereocenters. The molecule has 9 nitrogen and oxygen atoms in total. The molecule has 0 fully saturated rings. The van der Waals surface area contributed by atoms with E-state index < -0.39 is 18.2 Å². The Hall–Kier alpha value is 1.20. The van der Waals surface area contributed by atoms with E-state index in [0.29, 0.717) is 0 Å². The van der Waals surface area contributed by atoms with E-state index in [2.05, 4.69) is 0 Å². The van der Waals surface area contributed by atoms with Gasteiger partial charge in [0.25, 0.3) is 0 Å². The molecule has 0 aromatic rings. The van der Waals surface area contributed by atoms with Gasteiger partial charge >= 0.3 is 56.0 Å². The van der Waals surface area contributed by atoms with Gasteiger partial charge in [-0.15, -0.1) is 0 Å². The normalized spacial score (nSPS) is 9.75. The third kappa shape index (κ3) is 809. The topological polar surface area (TPSA) is 184 Å². The second kappa shape index (κ2) is 8.78. The summed E-state index contributed by atoms with van der Waals surface area (Å²) < 4.78 is 40.5. The Bertz CT molecular complexity index is 201. The first-order chi connectivity index (χ1) is 4.00. The molecule has 12 heteroatoms. The van der Waals surface area contributed by atoms with E-state index in [1.165, 1.54) is 0 Å². The van der Waals surface area contributed by atoms with Crippen LogP contribution in [0.5, 0.6) is 0 Å². The van der Waals surface area contributed by atoms with Gasteiger partial charge < -0.3 is 23.0 Å². The van der Waals surface area contributed by atoms with Crippen molar-refractivity contribution in [3.05, 3.63) is 0 Å². The van der Waals surface area contributed by atoms with Crippen molar-refractivity contribution in [3.8, 4) is 0 Å². The van der Waals surface area contributed by atoms with Gasteiger partial charge in [0.1, 0.15) is 0 Å². The molecule has 0 saturated carbocycles. The summed E-state index contributed by atoms with van der Waals surface area (Å²) in [5.41, 5.74) is 0. The summed E-state index contributed by atoms with van der Waals surface area (Å²) in [6.07, 6.45) is 0. The number of hydrogen-bond donors (Lipinski definition) is 5. The predicted molar refractivity (Wildman–Crippen MR) is 40.0 cm³/mol. The van der Waals surface area contributed by atoms with Crippen LogP contribution in [-0.4, -0.2) is 75.4 Å². The molecule has 0 unspecified atom stereocenters. The van der Waals surface area contributed by atoms with E-state index in [4.69, 9.17) is 36.8 Å². The van der Waals surface area contributed by atoms with Crippen LogP contribution in [0.15, 0.2) is 0 Å². The quantitative estimate of drug-likeness (QED) is 0.178. The Kier molecular flexibility index (Phi) is 17.0. The molecule has 0 rings (SSSR count). The number of hydrogen-bond acceptors (Lipinski definition) is 3. The maximum absolute atomic E-state index is 8.88. The van der Waals surface area contributed by atoms with E-state index in [0.717, 1.165) is 0 Å². The Morgan fingerprint density at radius 1 is 1.08 bits per heavy atom. The largest absolute Gasteiger partial charge is 2.00 e. The van der Waals surface area contributed by atoms with Gasteiger partial charge in [-0.1, -0.05) is 0 Å². The van der Waals surface area contributed by atoms with Crippen LogP contribution >= 0.6 is 7.82 Å². The van der Waals surface area contributed by atoms with Crippen molar-refractivity contribution in [2.24, 2.45) is 0 Å². The monoisotopic (exact) mass is 256 g/mol. The van der Waals surface area contributed by atoms with Crippen LogP contribution in [-0.2, 0) is 15.0 Å². The van der Waals surface area contributed by atoms with Crippen LogP contribution in [0.25, 0.3) is 0 Å². The zero-order valence-electron chi connectivity index (χ0n) is 7.52. The molecule has 0 saturated heterocycles. The van der Waals surface area contributed by atoms with Gasteiger partial charge in [-0.25, -0.2) is 4.57 Å². The standard InChI is InChI=1S/Ca.H3O4P.H2O4S.H2O.2H/c;2*1-5(2,3)4;;;/h;(H3,1,2,3,4);(H2,1,2,3,4);1H2;;/q+2;;;;2*-1. The van der Waals surface area contributed by atoms with Gasteiger partial charge in [0.2, 0.25) is 0 Å². The van der Waals surface area contributed by atoms with Gasteiger partial charge in [-0.05, 0) is 0 Å². The van der Waals surface area contributed by atoms with Gasteiger partial charge in [0, 0.05) is 0 Å². The first-order valence-corrected chi connectivity index (χ1v) is 4.44. The summed E-state index contributed by atoms with van der Waals surface area (Å²) in [6.45, 7) is 0. The van der Waals surface area contributed by atoms with Crippen molar-refractivity contribution >= 4 is 56.0 Å². The van der Waals surface area contributed by atoms with Crippen LogP contribution in [0.4, 0.5) is 0 Å². The smallest absolute Gasteiger partial charge is 1.00 e. The Morgan fingerprint density at radius 3 is 1.08 bits per heavy atom. The van der Waals surface area contributed by atoms with E-state index in [-0.39, 0.29) is 46.1 Å². The van der Waals surface area contributed by atoms with Crippen molar-refractivity contribution in [1.29, 1.82) is 0 Å². The van der Waals surface area contributed by atoms with Crippen LogP contribution in [0.1, 0.15) is 2.85 Å². The summed E-state index contributed by atoms with van der Waals surface area (Å²) in [6, 6.07) is 0. The van der Waals surface area contributed by atoms with Crippen molar-refractivity contribution in [2.75, 3.05) is 0 Å². The molecule has 76 valence electrons. The minimum absolute atomic E-state index is 0. The molecule has 0 aliphatic heterocycles. The Labute approximate surface area is 101 Å². The summed E-state index contributed by atoms with van der Waals surface area (Å²) in [4.78, 5) is 21.6. The SMILES string of the molecule is O.O=P(O)(O)O.O=S(=O)(O)O.[Ca+2].[H-].[H-]. The summed E-state index contributed by atoms with van der Waals surface area (Å²) in [5, 5.41) is 0. The average Bonchev–Trinajstić information content (AvgIpc) is 1.12. The zero-order valence-corrected chi connectivity index (χ0v) is 9.44. The van der Waals surface area contributed by atoms with E-state index in [1.54, 1.807) is 0 Å². The maximum Gasteiger partial charge on any atom is 2.00 e. The predicted octanol–water partition coefficient (Wildman–Crippen LogP) is -2.56. The molecule has 0 aromatic heterocycles. The molecule has 0 aliphatic carbocycles. The molecular formula is H9CaO9PS. The van der Waals surface area contributed by atoms with E-state index in [1.807, 2.05) is 0 Å². The Morgan fingerprint density at radius 2 is 1.08 bits per heavy atom. The second-order valence-corrected chi connectivity index (χ2v) is 2.88. The number of phosphoric acid groups is 1. The van der Waals surface area contributed by atoms with E-state index >= 15 is 0 Å². The van der Waals surface area contributed by atoms with Crippen molar-refractivity contribution in [1.82, 2.24) is 0 Å². The molecule has 0 radical (unpaired) electrons. The van der Waals surface area contributed by atoms with Crippen LogP contribution < -0.4 is 0 Å². The minimum atomic E-state index is -4.67. The van der Waals surface area contributed by atoms with Crippen LogP contribution in [0, 0.1) is 0 Å². The summed E-state index contributed by atoms with van der Waals surface area (Å²) in [7, 11) is -9.31. The van der Waals surface area contributed by atoms with Crippen molar-refractivity contribution < 1.29 is 45.1 Å². The molecule has 12 heavy (non-hydrogen) atoms. The Balaban J connectivity index is -0.0000000178. The molecule has 0 heterocycles. The average molecular weight is 256 g/mol. The molecule has 0 spiro atoms. The maximum atomic E-state index is 8.88. The van der Waals surface area contributed by atoms with Gasteiger partial charge in [-0.3, -0.25) is 9.11 Å². The minimum Gasteiger partial charge on any atom is -1.00 e. The summed E-state index contributed by atoms with van der Waals surface area (Å²) >= 11 is 0. The zero-order chi connectivity index (χ0) is 9.00. The van der Waals surface area contributed by atoms with Crippen molar-refractivity contribution in [2.45, 2.75) is 0 Å². The van der Waals surface area contributed by atoms with Crippen molar-refractivity contribution in [3.63, 3.8) is 0 Å². The summed E-state index contributed by atoms with van der Waals surface area (Å²) in [5.74, 6) is 0. The second-order valence-electron chi connectivity index (χ2n) is 0.961. The molecule has 0 bridgehead atoms. The molecule has 0 aromatic carbocycles. The third-order valence-electron chi connectivity index (χ3n) is 0. The van der Waals surface area contributed by atoms with Gasteiger partial charge in [0.15, 0.2) is 0 Å². The van der Waals surface area contributed by atoms with Crippen LogP contribution in [0.3, 0.4) is 0 Å². The van der Waals surface area contributed by atoms with Gasteiger partial charge in [-0.2, -0.15) is 8.42 Å². The fourth-order valence-electron chi connectivity index (χ4n) is 0. The first-order valence-electron chi connectivity index (χ1n) is 1.48. The fourth-order valence-corrected chi connectivity index (χ4v) is 0. The molecular weight excluding hydrogens is 247 g/mol. The van der Waals surface area contributed by atoms with Crippen LogP contribution in [0.2, 0.25) is 0 Å². The first kappa shape index (κ1) is 23.2. The van der Waals surface area contributed by atoms with E-state index in [9.17, 15) is 0 Å². The fraction of sp³-hybridized carbons (Fsp3) is 0. The third-order valence-corrected chi connectivity index (χ3v) is 0. The molecule has 7 N–H and O–H groups in total. The van der Waals surface area contributed by atoms with Gasteiger partial charge in [0.05, 0.1) is 0 Å². The number of rotatable bonds is 0. The molecule has 0 amide bonds. The molecule has 0 aliphatic rings.